The molecular formula is C12H22O3S. The second-order valence-electron chi connectivity index (χ2n) is 5.68. The molecule has 4 heteroatoms. The zero-order valence-corrected chi connectivity index (χ0v) is 11.6. The molecule has 1 saturated heterocycles. The molecule has 0 aliphatic carbocycles. The van der Waals surface area contributed by atoms with Crippen LogP contribution < -0.4 is 0 Å². The van der Waals surface area contributed by atoms with Crippen LogP contribution >= 0.6 is 11.8 Å². The number of rotatable bonds is 2. The van der Waals surface area contributed by atoms with E-state index in [1.165, 1.54) is 0 Å². The van der Waals surface area contributed by atoms with Crippen LogP contribution in [0, 0.1) is 5.92 Å². The zero-order valence-electron chi connectivity index (χ0n) is 10.7. The van der Waals surface area contributed by atoms with Crippen LogP contribution in [0.25, 0.3) is 0 Å². The number of carbonyl (C=O) groups excluding carboxylic acids is 1. The maximum Gasteiger partial charge on any atom is 0.312 e. The summed E-state index contributed by atoms with van der Waals surface area (Å²) in [4.78, 5) is 11.9. The number of carbonyl (C=O) groups is 1. The fourth-order valence-corrected chi connectivity index (χ4v) is 3.16. The van der Waals surface area contributed by atoms with E-state index in [-0.39, 0.29) is 5.97 Å². The van der Waals surface area contributed by atoms with E-state index in [1.807, 2.05) is 20.8 Å². The SMILES string of the molecule is CC1CC(O)(C(C)C(=O)OC(C)(C)C)CS1. The molecule has 1 rings (SSSR count). The molecule has 3 atom stereocenters. The van der Waals surface area contributed by atoms with Crippen LogP contribution in [0.15, 0.2) is 0 Å². The smallest absolute Gasteiger partial charge is 0.312 e. The summed E-state index contributed by atoms with van der Waals surface area (Å²) in [5, 5.41) is 10.8. The first kappa shape index (κ1) is 13.8. The van der Waals surface area contributed by atoms with Crippen LogP contribution in [0.1, 0.15) is 41.0 Å². The topological polar surface area (TPSA) is 46.5 Å². The molecule has 0 spiro atoms. The number of hydrogen-bond donors (Lipinski definition) is 1. The van der Waals surface area contributed by atoms with E-state index in [2.05, 4.69) is 6.92 Å². The van der Waals surface area contributed by atoms with Gasteiger partial charge >= 0.3 is 5.97 Å². The van der Waals surface area contributed by atoms with Gasteiger partial charge in [-0.3, -0.25) is 4.79 Å². The molecule has 1 heterocycles. The maximum absolute atomic E-state index is 11.9. The van der Waals surface area contributed by atoms with Gasteiger partial charge < -0.3 is 9.84 Å². The second kappa shape index (κ2) is 4.57. The molecule has 0 saturated carbocycles. The third-order valence-electron chi connectivity index (χ3n) is 2.83. The van der Waals surface area contributed by atoms with Gasteiger partial charge in [0.15, 0.2) is 0 Å². The fraction of sp³-hybridized carbons (Fsp3) is 0.917. The zero-order chi connectivity index (χ0) is 12.6. The van der Waals surface area contributed by atoms with Crippen molar-refractivity contribution in [3.05, 3.63) is 0 Å². The highest BCUT2D eigenvalue weighted by Crippen LogP contribution is 2.39. The third-order valence-corrected chi connectivity index (χ3v) is 4.23. The van der Waals surface area contributed by atoms with Crippen molar-refractivity contribution in [2.24, 2.45) is 5.92 Å². The summed E-state index contributed by atoms with van der Waals surface area (Å²) in [5.41, 5.74) is -1.38. The Morgan fingerprint density at radius 2 is 2.12 bits per heavy atom. The normalized spacial score (nSPS) is 32.5. The van der Waals surface area contributed by atoms with Gasteiger partial charge in [0.2, 0.25) is 0 Å². The van der Waals surface area contributed by atoms with E-state index < -0.39 is 17.1 Å². The molecular weight excluding hydrogens is 224 g/mol. The Labute approximate surface area is 102 Å². The lowest BCUT2D eigenvalue weighted by Crippen LogP contribution is -2.43. The summed E-state index contributed by atoms with van der Waals surface area (Å²) >= 11 is 1.71. The first-order valence-corrected chi connectivity index (χ1v) is 6.76. The van der Waals surface area contributed by atoms with Crippen molar-refractivity contribution in [3.8, 4) is 0 Å². The second-order valence-corrected chi connectivity index (χ2v) is 7.11. The van der Waals surface area contributed by atoms with Crippen molar-refractivity contribution in [3.63, 3.8) is 0 Å². The van der Waals surface area contributed by atoms with Crippen LogP contribution in [0.3, 0.4) is 0 Å². The summed E-state index contributed by atoms with van der Waals surface area (Å²) in [6.45, 7) is 9.35. The molecule has 16 heavy (non-hydrogen) atoms. The number of aliphatic hydroxyl groups is 1. The van der Waals surface area contributed by atoms with Gasteiger partial charge in [-0.25, -0.2) is 0 Å². The molecule has 1 aliphatic heterocycles. The van der Waals surface area contributed by atoms with Gasteiger partial charge in [-0.1, -0.05) is 6.92 Å². The standard InChI is InChI=1S/C12H22O3S/c1-8-6-12(14,7-16-8)9(2)10(13)15-11(3,4)5/h8-9,14H,6-7H2,1-5H3. The Balaban J connectivity index is 2.64. The molecule has 0 aromatic carbocycles. The van der Waals surface area contributed by atoms with Gasteiger partial charge in [-0.2, -0.15) is 11.8 Å². The van der Waals surface area contributed by atoms with Gasteiger partial charge in [-0.05, 0) is 34.1 Å². The number of ether oxygens (including phenoxy) is 1. The Morgan fingerprint density at radius 1 is 1.56 bits per heavy atom. The van der Waals surface area contributed by atoms with Crippen LogP contribution in [0.4, 0.5) is 0 Å². The molecule has 1 N–H and O–H groups in total. The first-order valence-electron chi connectivity index (χ1n) is 5.71. The molecule has 3 unspecified atom stereocenters. The van der Waals surface area contributed by atoms with Gasteiger partial charge in [0, 0.05) is 11.0 Å². The van der Waals surface area contributed by atoms with Crippen molar-refractivity contribution in [2.45, 2.75) is 57.5 Å². The van der Waals surface area contributed by atoms with E-state index >= 15 is 0 Å². The highest BCUT2D eigenvalue weighted by molar-refractivity contribution is 8.00. The molecule has 0 bridgehead atoms. The highest BCUT2D eigenvalue weighted by atomic mass is 32.2. The summed E-state index contributed by atoms with van der Waals surface area (Å²) < 4.78 is 5.30. The summed E-state index contributed by atoms with van der Waals surface area (Å²) in [6, 6.07) is 0. The first-order chi connectivity index (χ1) is 7.14. The summed E-state index contributed by atoms with van der Waals surface area (Å²) in [6.07, 6.45) is 0.665. The van der Waals surface area contributed by atoms with Crippen LogP contribution in [-0.4, -0.2) is 33.3 Å². The Bertz CT molecular complexity index is 272. The molecule has 3 nitrogen and oxygen atoms in total. The van der Waals surface area contributed by atoms with E-state index in [0.29, 0.717) is 17.4 Å². The molecule has 0 amide bonds. The van der Waals surface area contributed by atoms with Crippen LogP contribution in [0.2, 0.25) is 0 Å². The van der Waals surface area contributed by atoms with Crippen molar-refractivity contribution in [1.29, 1.82) is 0 Å². The number of esters is 1. The average Bonchev–Trinajstić information content (AvgIpc) is 2.43. The monoisotopic (exact) mass is 246 g/mol. The fourth-order valence-electron chi connectivity index (χ4n) is 1.81. The van der Waals surface area contributed by atoms with Gasteiger partial charge in [0.05, 0.1) is 11.5 Å². The number of thioether (sulfide) groups is 1. The molecule has 1 fully saturated rings. The van der Waals surface area contributed by atoms with Crippen molar-refractivity contribution < 1.29 is 14.6 Å². The van der Waals surface area contributed by atoms with Crippen molar-refractivity contribution >= 4 is 17.7 Å². The van der Waals surface area contributed by atoms with E-state index in [4.69, 9.17) is 4.74 Å². The lowest BCUT2D eigenvalue weighted by Gasteiger charge is -2.30. The van der Waals surface area contributed by atoms with Crippen molar-refractivity contribution in [1.82, 2.24) is 0 Å². The van der Waals surface area contributed by atoms with Crippen molar-refractivity contribution in [2.75, 3.05) is 5.75 Å². The summed E-state index contributed by atoms with van der Waals surface area (Å²) in [7, 11) is 0. The molecule has 1 aliphatic rings. The van der Waals surface area contributed by atoms with Gasteiger partial charge in [0.1, 0.15) is 5.60 Å². The van der Waals surface area contributed by atoms with Crippen LogP contribution in [0.5, 0.6) is 0 Å². The predicted octanol–water partition coefficient (Wildman–Crippen LogP) is 2.22. The van der Waals surface area contributed by atoms with E-state index in [0.717, 1.165) is 0 Å². The molecule has 0 aromatic heterocycles. The third kappa shape index (κ3) is 3.39. The summed E-state index contributed by atoms with van der Waals surface area (Å²) in [5.74, 6) is -0.136. The Morgan fingerprint density at radius 3 is 2.50 bits per heavy atom. The van der Waals surface area contributed by atoms with Gasteiger partial charge in [-0.15, -0.1) is 0 Å². The quantitative estimate of drug-likeness (QED) is 0.759. The molecule has 0 radical (unpaired) electrons. The lowest BCUT2D eigenvalue weighted by molar-refractivity contribution is -0.167. The molecule has 0 aromatic rings. The highest BCUT2D eigenvalue weighted by Gasteiger charge is 2.45. The minimum atomic E-state index is -0.896. The largest absolute Gasteiger partial charge is 0.460 e. The van der Waals surface area contributed by atoms with Crippen LogP contribution in [-0.2, 0) is 9.53 Å². The van der Waals surface area contributed by atoms with Gasteiger partial charge in [0.25, 0.3) is 0 Å². The van der Waals surface area contributed by atoms with E-state index in [1.54, 1.807) is 18.7 Å². The molecule has 94 valence electrons. The van der Waals surface area contributed by atoms with E-state index in [9.17, 15) is 9.90 Å². The Hall–Kier alpha value is -0.220. The lowest BCUT2D eigenvalue weighted by atomic mass is 9.86. The predicted molar refractivity (Wildman–Crippen MR) is 66.5 cm³/mol. The Kier molecular flexibility index (Phi) is 3.95. The minimum Gasteiger partial charge on any atom is -0.460 e. The minimum absolute atomic E-state index is 0.301. The maximum atomic E-state index is 11.9. The average molecular weight is 246 g/mol. The number of hydrogen-bond acceptors (Lipinski definition) is 4.